The molecule has 1 N–H and O–H groups in total. The van der Waals surface area contributed by atoms with Gasteiger partial charge in [0.25, 0.3) is 5.91 Å². The van der Waals surface area contributed by atoms with E-state index in [0.29, 0.717) is 11.3 Å². The van der Waals surface area contributed by atoms with E-state index in [1.807, 2.05) is 36.6 Å². The van der Waals surface area contributed by atoms with Crippen LogP contribution in [0.5, 0.6) is 0 Å². The lowest BCUT2D eigenvalue weighted by Crippen LogP contribution is -2.13. The number of thiazole rings is 1. The summed E-state index contributed by atoms with van der Waals surface area (Å²) in [6, 6.07) is 9.19. The molecule has 0 saturated carbocycles. The number of halogens is 1. The van der Waals surface area contributed by atoms with Crippen LogP contribution in [0.4, 0.5) is 5.69 Å². The van der Waals surface area contributed by atoms with Gasteiger partial charge >= 0.3 is 0 Å². The van der Waals surface area contributed by atoms with Crippen molar-refractivity contribution in [1.82, 2.24) is 19.6 Å². The second-order valence-electron chi connectivity index (χ2n) is 5.33. The Hall–Kier alpha value is -2.77. The first-order chi connectivity index (χ1) is 12.1. The van der Waals surface area contributed by atoms with E-state index in [1.165, 1.54) is 4.52 Å². The molecule has 0 spiro atoms. The van der Waals surface area contributed by atoms with Crippen LogP contribution in [0.1, 0.15) is 15.5 Å². The van der Waals surface area contributed by atoms with Crippen LogP contribution in [0.15, 0.2) is 48.1 Å². The normalized spacial score (nSPS) is 11.0. The largest absolute Gasteiger partial charge is 0.321 e. The summed E-state index contributed by atoms with van der Waals surface area (Å²) in [4.78, 5) is 21.0. The quantitative estimate of drug-likeness (QED) is 0.591. The number of nitrogens with zero attached hydrogens (tertiary/aromatic N) is 4. The smallest absolute Gasteiger partial charge is 0.277 e. The van der Waals surface area contributed by atoms with Gasteiger partial charge in [-0.15, -0.1) is 11.3 Å². The van der Waals surface area contributed by atoms with Crippen molar-refractivity contribution in [3.8, 4) is 11.3 Å². The average Bonchev–Trinajstić information content (AvgIpc) is 3.20. The first-order valence-corrected chi connectivity index (χ1v) is 8.70. The minimum atomic E-state index is -0.382. The SMILES string of the molecule is Cc1nc(-c2ccc(NC(=O)c3nn4cccnc4c3Cl)cc2)cs1. The number of hydrogen-bond acceptors (Lipinski definition) is 5. The molecule has 6 nitrogen and oxygen atoms in total. The first-order valence-electron chi connectivity index (χ1n) is 7.44. The highest BCUT2D eigenvalue weighted by Crippen LogP contribution is 2.24. The van der Waals surface area contributed by atoms with Crippen LogP contribution in [0.25, 0.3) is 16.9 Å². The zero-order valence-corrected chi connectivity index (χ0v) is 14.7. The molecule has 0 aliphatic rings. The number of fused-ring (bicyclic) bond motifs is 1. The van der Waals surface area contributed by atoms with Crippen LogP contribution in [-0.2, 0) is 0 Å². The number of benzene rings is 1. The third-order valence-corrected chi connectivity index (χ3v) is 4.73. The fourth-order valence-corrected chi connectivity index (χ4v) is 3.30. The van der Waals surface area contributed by atoms with Crippen molar-refractivity contribution < 1.29 is 4.79 Å². The Balaban J connectivity index is 1.57. The molecule has 0 atom stereocenters. The van der Waals surface area contributed by atoms with Gasteiger partial charge in [-0.2, -0.15) is 5.10 Å². The molecule has 1 amide bonds. The highest BCUT2D eigenvalue weighted by molar-refractivity contribution is 7.09. The van der Waals surface area contributed by atoms with Crippen molar-refractivity contribution in [2.75, 3.05) is 5.32 Å². The number of aromatic nitrogens is 4. The van der Waals surface area contributed by atoms with Gasteiger partial charge < -0.3 is 5.32 Å². The van der Waals surface area contributed by atoms with E-state index in [2.05, 4.69) is 20.4 Å². The summed E-state index contributed by atoms with van der Waals surface area (Å²) in [5.41, 5.74) is 3.16. The van der Waals surface area contributed by atoms with E-state index in [-0.39, 0.29) is 16.6 Å². The second kappa shape index (κ2) is 6.27. The molecule has 4 aromatic rings. The van der Waals surface area contributed by atoms with E-state index in [1.54, 1.807) is 29.8 Å². The molecule has 3 aromatic heterocycles. The summed E-state index contributed by atoms with van der Waals surface area (Å²) >= 11 is 7.81. The lowest BCUT2D eigenvalue weighted by molar-refractivity contribution is 0.102. The lowest BCUT2D eigenvalue weighted by Gasteiger charge is -2.04. The third kappa shape index (κ3) is 2.99. The first kappa shape index (κ1) is 15.7. The minimum Gasteiger partial charge on any atom is -0.321 e. The number of rotatable bonds is 3. The number of carbonyl (C=O) groups excluding carboxylic acids is 1. The summed E-state index contributed by atoms with van der Waals surface area (Å²) < 4.78 is 1.48. The molecule has 0 radical (unpaired) electrons. The van der Waals surface area contributed by atoms with E-state index < -0.39 is 0 Å². The van der Waals surface area contributed by atoms with Crippen LogP contribution < -0.4 is 5.32 Å². The molecule has 4 rings (SSSR count). The number of aryl methyl sites for hydroxylation is 1. The van der Waals surface area contributed by atoms with Gasteiger partial charge in [0, 0.05) is 29.0 Å². The van der Waals surface area contributed by atoms with E-state index in [0.717, 1.165) is 16.3 Å². The highest BCUT2D eigenvalue weighted by Gasteiger charge is 2.18. The van der Waals surface area contributed by atoms with E-state index in [9.17, 15) is 4.79 Å². The second-order valence-corrected chi connectivity index (χ2v) is 6.77. The summed E-state index contributed by atoms with van der Waals surface area (Å²) in [5, 5.41) is 10.2. The van der Waals surface area contributed by atoms with Gasteiger partial charge in [0.15, 0.2) is 11.3 Å². The van der Waals surface area contributed by atoms with E-state index in [4.69, 9.17) is 11.6 Å². The molecule has 0 aliphatic carbocycles. The molecule has 8 heteroatoms. The standard InChI is InChI=1S/C17H12ClN5OS/c1-10-20-13(9-25-10)11-3-5-12(6-4-11)21-17(24)15-14(18)16-19-7-2-8-23(16)22-15/h2-9H,1H3,(H,21,24). The molecule has 1 aromatic carbocycles. The Morgan fingerprint density at radius 3 is 2.76 bits per heavy atom. The number of carbonyl (C=O) groups is 1. The van der Waals surface area contributed by atoms with Gasteiger partial charge in [0.05, 0.1) is 10.7 Å². The zero-order chi connectivity index (χ0) is 17.4. The molecule has 124 valence electrons. The van der Waals surface area contributed by atoms with Crippen molar-refractivity contribution in [1.29, 1.82) is 0 Å². The van der Waals surface area contributed by atoms with Crippen LogP contribution in [0.2, 0.25) is 5.02 Å². The summed E-state index contributed by atoms with van der Waals surface area (Å²) in [6.45, 7) is 1.97. The zero-order valence-electron chi connectivity index (χ0n) is 13.1. The topological polar surface area (TPSA) is 72.2 Å². The Morgan fingerprint density at radius 2 is 2.08 bits per heavy atom. The average molecular weight is 370 g/mol. The van der Waals surface area contributed by atoms with Gasteiger partial charge in [-0.05, 0) is 25.1 Å². The van der Waals surface area contributed by atoms with Gasteiger partial charge in [0.2, 0.25) is 0 Å². The highest BCUT2D eigenvalue weighted by atomic mass is 35.5. The molecule has 0 unspecified atom stereocenters. The van der Waals surface area contributed by atoms with Crippen molar-refractivity contribution in [2.24, 2.45) is 0 Å². The number of amides is 1. The molecule has 0 aliphatic heterocycles. The Morgan fingerprint density at radius 1 is 1.28 bits per heavy atom. The lowest BCUT2D eigenvalue weighted by atomic mass is 10.1. The van der Waals surface area contributed by atoms with Crippen molar-refractivity contribution in [2.45, 2.75) is 6.92 Å². The van der Waals surface area contributed by atoms with Gasteiger partial charge in [-0.3, -0.25) is 4.79 Å². The Labute approximate surface area is 152 Å². The molecule has 25 heavy (non-hydrogen) atoms. The third-order valence-electron chi connectivity index (χ3n) is 3.61. The fourth-order valence-electron chi connectivity index (χ4n) is 2.41. The summed E-state index contributed by atoms with van der Waals surface area (Å²) in [7, 11) is 0. The number of anilines is 1. The van der Waals surface area contributed by atoms with Crippen molar-refractivity contribution >= 4 is 40.2 Å². The van der Waals surface area contributed by atoms with Crippen molar-refractivity contribution in [3.63, 3.8) is 0 Å². The molecular formula is C17H12ClN5OS. The van der Waals surface area contributed by atoms with Gasteiger partial charge in [-0.25, -0.2) is 14.5 Å². The minimum absolute atomic E-state index is 0.138. The number of hydrogen-bond donors (Lipinski definition) is 1. The maximum atomic E-state index is 12.5. The van der Waals surface area contributed by atoms with Crippen molar-refractivity contribution in [3.05, 3.63) is 63.8 Å². The van der Waals surface area contributed by atoms with Gasteiger partial charge in [0.1, 0.15) is 5.02 Å². The molecule has 0 bridgehead atoms. The maximum Gasteiger partial charge on any atom is 0.277 e. The maximum absolute atomic E-state index is 12.5. The Bertz CT molecular complexity index is 1070. The molecular weight excluding hydrogens is 358 g/mol. The predicted octanol–water partition coefficient (Wildman–Crippen LogP) is 4.07. The molecule has 3 heterocycles. The van der Waals surface area contributed by atoms with Crippen LogP contribution >= 0.6 is 22.9 Å². The Kier molecular flexibility index (Phi) is 3.95. The van der Waals surface area contributed by atoms with Gasteiger partial charge in [-0.1, -0.05) is 23.7 Å². The van der Waals surface area contributed by atoms with Crippen LogP contribution in [-0.4, -0.2) is 25.5 Å². The molecule has 0 saturated heterocycles. The summed E-state index contributed by atoms with van der Waals surface area (Å²) in [5.74, 6) is -0.382. The van der Waals surface area contributed by atoms with Crippen LogP contribution in [0.3, 0.4) is 0 Å². The van der Waals surface area contributed by atoms with Crippen LogP contribution in [0, 0.1) is 6.92 Å². The van der Waals surface area contributed by atoms with E-state index >= 15 is 0 Å². The fraction of sp³-hybridized carbons (Fsp3) is 0.0588. The monoisotopic (exact) mass is 369 g/mol. The predicted molar refractivity (Wildman–Crippen MR) is 98.2 cm³/mol. The molecule has 0 fully saturated rings. The summed E-state index contributed by atoms with van der Waals surface area (Å²) in [6.07, 6.45) is 3.29. The number of nitrogens with one attached hydrogen (secondary N) is 1.